The van der Waals surface area contributed by atoms with Gasteiger partial charge in [0.25, 0.3) is 0 Å². The average Bonchev–Trinajstić information content (AvgIpc) is 2.16. The van der Waals surface area contributed by atoms with E-state index in [4.69, 9.17) is 5.26 Å². The van der Waals surface area contributed by atoms with Crippen LogP contribution in [0.15, 0.2) is 23.1 Å². The van der Waals surface area contributed by atoms with Crippen LogP contribution in [0.25, 0.3) is 0 Å². The van der Waals surface area contributed by atoms with E-state index in [2.05, 4.69) is 13.0 Å². The fourth-order valence-electron chi connectivity index (χ4n) is 1.12. The van der Waals surface area contributed by atoms with E-state index in [1.165, 1.54) is 0 Å². The second-order valence-corrected chi connectivity index (χ2v) is 3.82. The fraction of sp³-hybridized carbons (Fsp3) is 0.273. The van der Waals surface area contributed by atoms with Crippen molar-refractivity contribution in [2.24, 2.45) is 0 Å². The number of rotatable bonds is 2. The molecular weight excluding hydrogens is 178 g/mol. The summed E-state index contributed by atoms with van der Waals surface area (Å²) in [5.41, 5.74) is 1.87. The van der Waals surface area contributed by atoms with Gasteiger partial charge >= 0.3 is 0 Å². The van der Waals surface area contributed by atoms with Crippen molar-refractivity contribution in [2.75, 3.05) is 6.26 Å². The minimum absolute atomic E-state index is 0.239. The lowest BCUT2D eigenvalue weighted by Crippen LogP contribution is -1.90. The van der Waals surface area contributed by atoms with Crippen LogP contribution in [0.1, 0.15) is 24.0 Å². The highest BCUT2D eigenvalue weighted by molar-refractivity contribution is 7.98. The predicted molar refractivity (Wildman–Crippen MR) is 56.7 cm³/mol. The molecule has 1 radical (unpaired) electrons. The molecule has 0 saturated carbocycles. The number of hydrogen-bond donors (Lipinski definition) is 0. The van der Waals surface area contributed by atoms with Crippen molar-refractivity contribution in [3.8, 4) is 6.07 Å². The second-order valence-electron chi connectivity index (χ2n) is 2.97. The van der Waals surface area contributed by atoms with Crippen LogP contribution in [-0.4, -0.2) is 6.26 Å². The van der Waals surface area contributed by atoms with Gasteiger partial charge in [-0.05, 0) is 36.8 Å². The van der Waals surface area contributed by atoms with Crippen LogP contribution in [0.4, 0.5) is 0 Å². The molecule has 0 heterocycles. The molecule has 1 unspecified atom stereocenters. The van der Waals surface area contributed by atoms with Crippen LogP contribution < -0.4 is 0 Å². The standard InChI is InChI=1S/C11H12NS/c1-8(2)9-4-5-11(13-3)10(6-9)7-12/h4-6,8H,1H2,2-3H3. The quantitative estimate of drug-likeness (QED) is 0.668. The summed E-state index contributed by atoms with van der Waals surface area (Å²) in [6.07, 6.45) is 1.98. The summed E-state index contributed by atoms with van der Waals surface area (Å²) in [6.45, 7) is 5.95. The highest BCUT2D eigenvalue weighted by Crippen LogP contribution is 2.24. The summed E-state index contributed by atoms with van der Waals surface area (Å²) >= 11 is 1.60. The highest BCUT2D eigenvalue weighted by Gasteiger charge is 2.04. The Balaban J connectivity index is 3.15. The second kappa shape index (κ2) is 4.34. The van der Waals surface area contributed by atoms with Gasteiger partial charge in [0.2, 0.25) is 0 Å². The van der Waals surface area contributed by atoms with E-state index in [0.717, 1.165) is 16.0 Å². The van der Waals surface area contributed by atoms with E-state index >= 15 is 0 Å². The number of thioether (sulfide) groups is 1. The lowest BCUT2D eigenvalue weighted by Gasteiger charge is -2.07. The van der Waals surface area contributed by atoms with Crippen LogP contribution in [0.2, 0.25) is 0 Å². The molecule has 0 N–H and O–H groups in total. The first-order chi connectivity index (χ1) is 6.19. The Morgan fingerprint density at radius 1 is 1.54 bits per heavy atom. The molecule has 1 atom stereocenters. The zero-order chi connectivity index (χ0) is 9.84. The van der Waals surface area contributed by atoms with Crippen molar-refractivity contribution < 1.29 is 0 Å². The Bertz CT molecular complexity index is 336. The molecular formula is C11H12NS. The zero-order valence-electron chi connectivity index (χ0n) is 7.87. The molecule has 1 aromatic rings. The van der Waals surface area contributed by atoms with Gasteiger partial charge in [0.05, 0.1) is 5.56 Å². The molecule has 0 bridgehead atoms. The van der Waals surface area contributed by atoms with E-state index in [-0.39, 0.29) is 5.92 Å². The van der Waals surface area contributed by atoms with Gasteiger partial charge in [0.15, 0.2) is 0 Å². The molecule has 1 nitrogen and oxygen atoms in total. The van der Waals surface area contributed by atoms with Crippen LogP contribution in [-0.2, 0) is 0 Å². The van der Waals surface area contributed by atoms with Crippen molar-refractivity contribution in [1.29, 1.82) is 5.26 Å². The number of benzene rings is 1. The SMILES string of the molecule is [CH2]C(C)c1ccc(SC)c(C#N)c1. The molecule has 0 aliphatic rings. The molecule has 0 fully saturated rings. The third kappa shape index (κ3) is 2.26. The van der Waals surface area contributed by atoms with E-state index in [1.54, 1.807) is 11.8 Å². The van der Waals surface area contributed by atoms with E-state index in [9.17, 15) is 0 Å². The van der Waals surface area contributed by atoms with Crippen LogP contribution in [0.5, 0.6) is 0 Å². The minimum atomic E-state index is 0.239. The largest absolute Gasteiger partial charge is 0.192 e. The van der Waals surface area contributed by atoms with Gasteiger partial charge in [-0.25, -0.2) is 0 Å². The summed E-state index contributed by atoms with van der Waals surface area (Å²) in [5.74, 6) is 0.239. The van der Waals surface area contributed by atoms with Crippen LogP contribution in [0, 0.1) is 18.3 Å². The van der Waals surface area contributed by atoms with E-state index in [1.807, 2.05) is 31.4 Å². The summed E-state index contributed by atoms with van der Waals surface area (Å²) in [7, 11) is 0. The topological polar surface area (TPSA) is 23.8 Å². The lowest BCUT2D eigenvalue weighted by molar-refractivity contribution is 0.959. The Morgan fingerprint density at radius 2 is 2.23 bits per heavy atom. The molecule has 0 aliphatic carbocycles. The maximum Gasteiger partial charge on any atom is 0.100 e. The molecule has 0 amide bonds. The monoisotopic (exact) mass is 190 g/mol. The van der Waals surface area contributed by atoms with Gasteiger partial charge in [0, 0.05) is 4.90 Å². The fourth-order valence-corrected chi connectivity index (χ4v) is 1.65. The maximum absolute atomic E-state index is 8.87. The first-order valence-electron chi connectivity index (χ1n) is 4.10. The Labute approximate surface area is 83.8 Å². The van der Waals surface area contributed by atoms with Gasteiger partial charge < -0.3 is 0 Å². The molecule has 0 saturated heterocycles. The minimum Gasteiger partial charge on any atom is -0.192 e. The molecule has 2 heteroatoms. The van der Waals surface area contributed by atoms with Gasteiger partial charge in [0.1, 0.15) is 6.07 Å². The summed E-state index contributed by atoms with van der Waals surface area (Å²) in [5, 5.41) is 8.87. The molecule has 0 aromatic heterocycles. The summed E-state index contributed by atoms with van der Waals surface area (Å²) in [6, 6.07) is 8.13. The molecule has 0 aliphatic heterocycles. The third-order valence-electron chi connectivity index (χ3n) is 1.91. The molecule has 1 rings (SSSR count). The molecule has 1 aromatic carbocycles. The van der Waals surface area contributed by atoms with Gasteiger partial charge in [-0.1, -0.05) is 13.0 Å². The molecule has 0 spiro atoms. The number of nitrogens with zero attached hydrogens (tertiary/aromatic N) is 1. The van der Waals surface area contributed by atoms with Crippen molar-refractivity contribution in [2.45, 2.75) is 17.7 Å². The van der Waals surface area contributed by atoms with Crippen molar-refractivity contribution in [3.05, 3.63) is 36.2 Å². The zero-order valence-corrected chi connectivity index (χ0v) is 8.69. The maximum atomic E-state index is 8.87. The highest BCUT2D eigenvalue weighted by atomic mass is 32.2. The van der Waals surface area contributed by atoms with Crippen molar-refractivity contribution >= 4 is 11.8 Å². The summed E-state index contributed by atoms with van der Waals surface area (Å²) in [4.78, 5) is 1.03. The van der Waals surface area contributed by atoms with Crippen LogP contribution >= 0.6 is 11.8 Å². The third-order valence-corrected chi connectivity index (χ3v) is 2.71. The average molecular weight is 190 g/mol. The first-order valence-corrected chi connectivity index (χ1v) is 5.32. The van der Waals surface area contributed by atoms with Gasteiger partial charge in [-0.3, -0.25) is 0 Å². The van der Waals surface area contributed by atoms with E-state index in [0.29, 0.717) is 0 Å². The molecule has 67 valence electrons. The first kappa shape index (κ1) is 10.1. The molecule has 13 heavy (non-hydrogen) atoms. The van der Waals surface area contributed by atoms with E-state index < -0.39 is 0 Å². The van der Waals surface area contributed by atoms with Gasteiger partial charge in [-0.15, -0.1) is 11.8 Å². The van der Waals surface area contributed by atoms with Gasteiger partial charge in [-0.2, -0.15) is 5.26 Å². The predicted octanol–water partition coefficient (Wildman–Crippen LogP) is 3.22. The Morgan fingerprint density at radius 3 is 2.69 bits per heavy atom. The summed E-state index contributed by atoms with van der Waals surface area (Å²) < 4.78 is 0. The lowest BCUT2D eigenvalue weighted by atomic mass is 10.0. The van der Waals surface area contributed by atoms with Crippen LogP contribution in [0.3, 0.4) is 0 Å². The number of hydrogen-bond acceptors (Lipinski definition) is 2. The van der Waals surface area contributed by atoms with Crippen molar-refractivity contribution in [1.82, 2.24) is 0 Å². The Hall–Kier alpha value is -0.940. The number of nitriles is 1. The normalized spacial score (nSPS) is 10.1. The van der Waals surface area contributed by atoms with Crippen molar-refractivity contribution in [3.63, 3.8) is 0 Å². The smallest absolute Gasteiger partial charge is 0.100 e. The Kier molecular flexibility index (Phi) is 3.39.